The standard InChI is InChI=1S/C10H17N3O/c1-7-4-5-13(3)10(14)6-9(11)8(2)12-7/h4-5,8-9H,6,11H2,1-3H3/b5-4+,12-7?/t8?,9-/m1/s1. The second-order valence-corrected chi connectivity index (χ2v) is 3.70. The maximum atomic E-state index is 11.5. The van der Waals surface area contributed by atoms with Crippen molar-refractivity contribution in [2.24, 2.45) is 10.7 Å². The Morgan fingerprint density at radius 3 is 2.93 bits per heavy atom. The van der Waals surface area contributed by atoms with Crippen molar-refractivity contribution in [3.05, 3.63) is 12.3 Å². The number of carbonyl (C=O) groups excluding carboxylic acids is 1. The summed E-state index contributed by atoms with van der Waals surface area (Å²) in [4.78, 5) is 17.5. The van der Waals surface area contributed by atoms with Gasteiger partial charge in [-0.2, -0.15) is 0 Å². The molecule has 0 radical (unpaired) electrons. The maximum absolute atomic E-state index is 11.5. The third-order valence-corrected chi connectivity index (χ3v) is 2.37. The number of allylic oxidation sites excluding steroid dienone is 1. The fourth-order valence-electron chi connectivity index (χ4n) is 1.28. The first-order chi connectivity index (χ1) is 6.50. The average molecular weight is 195 g/mol. The van der Waals surface area contributed by atoms with Gasteiger partial charge in [0.1, 0.15) is 0 Å². The summed E-state index contributed by atoms with van der Waals surface area (Å²) in [5.41, 5.74) is 6.75. The Balaban J connectivity index is 2.89. The third-order valence-electron chi connectivity index (χ3n) is 2.37. The molecule has 2 atom stereocenters. The SMILES string of the molecule is CC1=NC(C)[C@H](N)CC(=O)N(C)/C=C/1. The number of amides is 1. The van der Waals surface area contributed by atoms with E-state index in [1.165, 1.54) is 0 Å². The van der Waals surface area contributed by atoms with E-state index in [9.17, 15) is 4.79 Å². The molecule has 4 heteroatoms. The third kappa shape index (κ3) is 2.67. The van der Waals surface area contributed by atoms with Gasteiger partial charge in [-0.05, 0) is 19.9 Å². The van der Waals surface area contributed by atoms with Gasteiger partial charge in [0.05, 0.1) is 6.04 Å². The van der Waals surface area contributed by atoms with Crippen LogP contribution in [0, 0.1) is 0 Å². The molecule has 2 N–H and O–H groups in total. The minimum atomic E-state index is -0.195. The lowest BCUT2D eigenvalue weighted by Gasteiger charge is -2.17. The van der Waals surface area contributed by atoms with E-state index in [4.69, 9.17) is 5.73 Å². The molecule has 0 aromatic carbocycles. The van der Waals surface area contributed by atoms with E-state index in [0.717, 1.165) is 5.71 Å². The van der Waals surface area contributed by atoms with E-state index in [-0.39, 0.29) is 18.0 Å². The highest BCUT2D eigenvalue weighted by molar-refractivity contribution is 5.93. The molecule has 4 nitrogen and oxygen atoms in total. The molecule has 1 rings (SSSR count). The molecule has 0 fully saturated rings. The van der Waals surface area contributed by atoms with Crippen LogP contribution in [0.3, 0.4) is 0 Å². The van der Waals surface area contributed by atoms with E-state index in [0.29, 0.717) is 6.42 Å². The van der Waals surface area contributed by atoms with Gasteiger partial charge in [0, 0.05) is 31.4 Å². The lowest BCUT2D eigenvalue weighted by Crippen LogP contribution is -2.36. The summed E-state index contributed by atoms with van der Waals surface area (Å²) in [7, 11) is 1.73. The molecular formula is C10H17N3O. The molecule has 78 valence electrons. The second kappa shape index (κ2) is 4.37. The summed E-state index contributed by atoms with van der Waals surface area (Å²) in [5.74, 6) is 0.0329. The molecule has 0 aromatic rings. The Hall–Kier alpha value is -1.16. The van der Waals surface area contributed by atoms with Gasteiger partial charge in [0.15, 0.2) is 0 Å². The van der Waals surface area contributed by atoms with Crippen LogP contribution in [-0.4, -0.2) is 35.7 Å². The van der Waals surface area contributed by atoms with Crippen LogP contribution < -0.4 is 5.73 Å². The van der Waals surface area contributed by atoms with Crippen LogP contribution in [0.2, 0.25) is 0 Å². The summed E-state index contributed by atoms with van der Waals surface area (Å²) < 4.78 is 0. The molecule has 0 aliphatic carbocycles. The van der Waals surface area contributed by atoms with Gasteiger partial charge in [-0.15, -0.1) is 0 Å². The fraction of sp³-hybridized carbons (Fsp3) is 0.600. The molecule has 1 aliphatic rings. The molecule has 1 aliphatic heterocycles. The Labute approximate surface area is 84.5 Å². The number of carbonyl (C=O) groups is 1. The topological polar surface area (TPSA) is 58.7 Å². The highest BCUT2D eigenvalue weighted by atomic mass is 16.2. The van der Waals surface area contributed by atoms with Crippen LogP contribution >= 0.6 is 0 Å². The summed E-state index contributed by atoms with van der Waals surface area (Å²) in [6.07, 6.45) is 3.90. The smallest absolute Gasteiger partial charge is 0.227 e. The van der Waals surface area contributed by atoms with Gasteiger partial charge in [-0.25, -0.2) is 0 Å². The van der Waals surface area contributed by atoms with Crippen molar-refractivity contribution in [1.82, 2.24) is 4.90 Å². The number of aliphatic imine (C=N–C) groups is 1. The molecule has 0 saturated heterocycles. The molecular weight excluding hydrogens is 178 g/mol. The molecule has 1 heterocycles. The Bertz CT molecular complexity index is 283. The molecule has 1 amide bonds. The summed E-state index contributed by atoms with van der Waals surface area (Å²) in [5, 5.41) is 0. The van der Waals surface area contributed by atoms with Crippen LogP contribution in [0.5, 0.6) is 0 Å². The van der Waals surface area contributed by atoms with Gasteiger partial charge in [0.2, 0.25) is 5.91 Å². The Morgan fingerprint density at radius 1 is 1.64 bits per heavy atom. The van der Waals surface area contributed by atoms with E-state index < -0.39 is 0 Å². The van der Waals surface area contributed by atoms with E-state index >= 15 is 0 Å². The van der Waals surface area contributed by atoms with Crippen LogP contribution in [0.4, 0.5) is 0 Å². The largest absolute Gasteiger partial charge is 0.325 e. The molecule has 0 bridgehead atoms. The van der Waals surface area contributed by atoms with E-state index in [1.54, 1.807) is 18.1 Å². The van der Waals surface area contributed by atoms with Gasteiger partial charge in [0.25, 0.3) is 0 Å². The van der Waals surface area contributed by atoms with Gasteiger partial charge < -0.3 is 10.6 Å². The van der Waals surface area contributed by atoms with Gasteiger partial charge in [-0.3, -0.25) is 9.79 Å². The number of hydrogen-bond acceptors (Lipinski definition) is 3. The van der Waals surface area contributed by atoms with Crippen LogP contribution in [-0.2, 0) is 4.79 Å². The Kier molecular flexibility index (Phi) is 3.41. The van der Waals surface area contributed by atoms with Crippen LogP contribution in [0.15, 0.2) is 17.3 Å². The van der Waals surface area contributed by atoms with Gasteiger partial charge >= 0.3 is 0 Å². The molecule has 1 unspecified atom stereocenters. The van der Waals surface area contributed by atoms with Crippen molar-refractivity contribution in [3.8, 4) is 0 Å². The zero-order valence-corrected chi connectivity index (χ0v) is 8.90. The maximum Gasteiger partial charge on any atom is 0.227 e. The number of nitrogens with two attached hydrogens (primary N) is 1. The lowest BCUT2D eigenvalue weighted by atomic mass is 10.1. The lowest BCUT2D eigenvalue weighted by molar-refractivity contribution is -0.127. The first-order valence-electron chi connectivity index (χ1n) is 4.74. The summed E-state index contributed by atoms with van der Waals surface area (Å²) in [6.45, 7) is 3.84. The predicted molar refractivity (Wildman–Crippen MR) is 57.1 cm³/mol. The zero-order chi connectivity index (χ0) is 10.7. The average Bonchev–Trinajstić information content (AvgIpc) is 2.15. The minimum absolute atomic E-state index is 0.00454. The van der Waals surface area contributed by atoms with Crippen molar-refractivity contribution in [2.75, 3.05) is 7.05 Å². The highest BCUT2D eigenvalue weighted by Crippen LogP contribution is 2.06. The van der Waals surface area contributed by atoms with Crippen LogP contribution in [0.1, 0.15) is 20.3 Å². The van der Waals surface area contributed by atoms with Crippen molar-refractivity contribution >= 4 is 11.6 Å². The van der Waals surface area contributed by atoms with E-state index in [1.807, 2.05) is 19.9 Å². The number of hydrogen-bond donors (Lipinski definition) is 1. The zero-order valence-electron chi connectivity index (χ0n) is 8.90. The van der Waals surface area contributed by atoms with Crippen molar-refractivity contribution < 1.29 is 4.79 Å². The van der Waals surface area contributed by atoms with Crippen molar-refractivity contribution in [3.63, 3.8) is 0 Å². The normalized spacial score (nSPS) is 31.6. The quantitative estimate of drug-likeness (QED) is 0.613. The van der Waals surface area contributed by atoms with Crippen LogP contribution in [0.25, 0.3) is 0 Å². The second-order valence-electron chi connectivity index (χ2n) is 3.70. The highest BCUT2D eigenvalue weighted by Gasteiger charge is 2.18. The fourth-order valence-corrected chi connectivity index (χ4v) is 1.28. The monoisotopic (exact) mass is 195 g/mol. The molecule has 0 aromatic heterocycles. The molecule has 0 saturated carbocycles. The summed E-state index contributed by atoms with van der Waals surface area (Å²) in [6, 6.07) is -0.199. The first kappa shape index (κ1) is 10.9. The number of nitrogens with zero attached hydrogens (tertiary/aromatic N) is 2. The Morgan fingerprint density at radius 2 is 2.29 bits per heavy atom. The predicted octanol–water partition coefficient (Wildman–Crippen LogP) is 0.539. The molecule has 0 spiro atoms. The van der Waals surface area contributed by atoms with Crippen molar-refractivity contribution in [2.45, 2.75) is 32.4 Å². The van der Waals surface area contributed by atoms with Gasteiger partial charge in [-0.1, -0.05) is 0 Å². The van der Waals surface area contributed by atoms with Crippen molar-refractivity contribution in [1.29, 1.82) is 0 Å². The van der Waals surface area contributed by atoms with E-state index in [2.05, 4.69) is 4.99 Å². The first-order valence-corrected chi connectivity index (χ1v) is 4.74. The summed E-state index contributed by atoms with van der Waals surface area (Å²) >= 11 is 0. The number of rotatable bonds is 0. The minimum Gasteiger partial charge on any atom is -0.325 e. The molecule has 14 heavy (non-hydrogen) atoms.